The van der Waals surface area contributed by atoms with Crippen LogP contribution in [0.5, 0.6) is 0 Å². The van der Waals surface area contributed by atoms with E-state index in [9.17, 15) is 0 Å². The molecular weight excluding hydrogens is 457 g/mol. The molecule has 3 fully saturated rings. The number of nitrogens with zero attached hydrogens (tertiary/aromatic N) is 3. The Balaban J connectivity index is 0.00000261. The largest absolute Gasteiger partial charge is 0.469 e. The van der Waals surface area contributed by atoms with E-state index in [0.29, 0.717) is 6.04 Å². The molecule has 8 heteroatoms. The van der Waals surface area contributed by atoms with Crippen LogP contribution in [0.1, 0.15) is 19.1 Å². The third kappa shape index (κ3) is 7.59. The SMILES string of the molecule is CCOCCCNC(=NCC1CN2CCN1CC2)NCCc1ccco1.I. The summed E-state index contributed by atoms with van der Waals surface area (Å²) in [6.07, 6.45) is 3.56. The lowest BCUT2D eigenvalue weighted by Crippen LogP contribution is -2.62. The number of rotatable bonds is 10. The quantitative estimate of drug-likeness (QED) is 0.223. The monoisotopic (exact) mass is 491 g/mol. The second-order valence-electron chi connectivity index (χ2n) is 6.91. The first kappa shape index (κ1) is 22.4. The predicted molar refractivity (Wildman–Crippen MR) is 119 cm³/mol. The number of nitrogens with one attached hydrogen (secondary N) is 2. The van der Waals surface area contributed by atoms with Gasteiger partial charge in [0.2, 0.25) is 0 Å². The van der Waals surface area contributed by atoms with E-state index in [4.69, 9.17) is 14.1 Å². The molecule has 1 unspecified atom stereocenters. The van der Waals surface area contributed by atoms with Crippen LogP contribution in [0.25, 0.3) is 0 Å². The number of piperazine rings is 3. The van der Waals surface area contributed by atoms with Crippen molar-refractivity contribution in [3.8, 4) is 0 Å². The molecule has 3 saturated heterocycles. The molecule has 0 aliphatic carbocycles. The molecule has 154 valence electrons. The summed E-state index contributed by atoms with van der Waals surface area (Å²) < 4.78 is 10.8. The van der Waals surface area contributed by atoms with E-state index in [1.165, 1.54) is 26.2 Å². The molecule has 0 radical (unpaired) electrons. The standard InChI is InChI=1S/C19H33N5O2.HI/c1-2-25-13-4-7-20-19(21-8-6-18-5-3-14-26-18)22-15-17-16-23-9-11-24(17)12-10-23;/h3,5,14,17H,2,4,6-13,15-16H2,1H3,(H2,20,21,22);1H. The maximum Gasteiger partial charge on any atom is 0.191 e. The molecule has 0 amide bonds. The highest BCUT2D eigenvalue weighted by molar-refractivity contribution is 14.0. The first-order valence-corrected chi connectivity index (χ1v) is 9.94. The van der Waals surface area contributed by atoms with Gasteiger partial charge in [-0.15, -0.1) is 24.0 Å². The minimum atomic E-state index is 0. The number of hydrogen-bond donors (Lipinski definition) is 2. The van der Waals surface area contributed by atoms with Crippen LogP contribution >= 0.6 is 24.0 Å². The fourth-order valence-corrected chi connectivity index (χ4v) is 3.55. The molecule has 0 saturated carbocycles. The highest BCUT2D eigenvalue weighted by atomic mass is 127. The van der Waals surface area contributed by atoms with Gasteiger partial charge in [-0.05, 0) is 25.5 Å². The average Bonchev–Trinajstić information content (AvgIpc) is 3.20. The van der Waals surface area contributed by atoms with E-state index >= 15 is 0 Å². The Labute approximate surface area is 179 Å². The van der Waals surface area contributed by atoms with Gasteiger partial charge in [-0.1, -0.05) is 0 Å². The van der Waals surface area contributed by atoms with Gasteiger partial charge in [0.25, 0.3) is 0 Å². The van der Waals surface area contributed by atoms with E-state index in [0.717, 1.165) is 64.0 Å². The zero-order valence-corrected chi connectivity index (χ0v) is 18.7. The minimum absolute atomic E-state index is 0. The van der Waals surface area contributed by atoms with Gasteiger partial charge in [0.05, 0.1) is 12.8 Å². The fraction of sp³-hybridized carbons (Fsp3) is 0.737. The number of guanidine groups is 1. The molecule has 1 aromatic heterocycles. The van der Waals surface area contributed by atoms with Crippen LogP contribution in [0.15, 0.2) is 27.8 Å². The maximum atomic E-state index is 5.41. The summed E-state index contributed by atoms with van der Waals surface area (Å²) in [4.78, 5) is 10.00. The predicted octanol–water partition coefficient (Wildman–Crippen LogP) is 1.40. The number of hydrogen-bond acceptors (Lipinski definition) is 5. The lowest BCUT2D eigenvalue weighted by atomic mass is 10.1. The van der Waals surface area contributed by atoms with Gasteiger partial charge in [-0.3, -0.25) is 14.8 Å². The lowest BCUT2D eigenvalue weighted by Gasteiger charge is -2.47. The molecular formula is C19H34IN5O2. The maximum absolute atomic E-state index is 5.41. The summed E-state index contributed by atoms with van der Waals surface area (Å²) >= 11 is 0. The zero-order valence-electron chi connectivity index (χ0n) is 16.4. The molecule has 7 nitrogen and oxygen atoms in total. The first-order valence-electron chi connectivity index (χ1n) is 9.94. The smallest absolute Gasteiger partial charge is 0.191 e. The van der Waals surface area contributed by atoms with Crippen LogP contribution < -0.4 is 10.6 Å². The van der Waals surface area contributed by atoms with E-state index in [2.05, 4.69) is 20.4 Å². The summed E-state index contributed by atoms with van der Waals surface area (Å²) in [6, 6.07) is 4.48. The number of furan rings is 1. The second-order valence-corrected chi connectivity index (χ2v) is 6.91. The minimum Gasteiger partial charge on any atom is -0.469 e. The molecule has 3 aliphatic heterocycles. The van der Waals surface area contributed by atoms with Gasteiger partial charge >= 0.3 is 0 Å². The van der Waals surface area contributed by atoms with Gasteiger partial charge in [-0.2, -0.15) is 0 Å². The summed E-state index contributed by atoms with van der Waals surface area (Å²) in [5, 5.41) is 6.88. The molecule has 4 heterocycles. The highest BCUT2D eigenvalue weighted by Crippen LogP contribution is 2.15. The van der Waals surface area contributed by atoms with Crippen LogP contribution in [0.2, 0.25) is 0 Å². The summed E-state index contributed by atoms with van der Waals surface area (Å²) in [6.45, 7) is 12.1. The summed E-state index contributed by atoms with van der Waals surface area (Å²) in [5.41, 5.74) is 0. The van der Waals surface area contributed by atoms with E-state index in [1.54, 1.807) is 6.26 Å². The molecule has 0 spiro atoms. The van der Waals surface area contributed by atoms with Gasteiger partial charge in [-0.25, -0.2) is 0 Å². The fourth-order valence-electron chi connectivity index (χ4n) is 3.55. The van der Waals surface area contributed by atoms with Gasteiger partial charge in [0.1, 0.15) is 5.76 Å². The second kappa shape index (κ2) is 12.6. The van der Waals surface area contributed by atoms with E-state index < -0.39 is 0 Å². The molecule has 2 N–H and O–H groups in total. The van der Waals surface area contributed by atoms with Gasteiger partial charge in [0, 0.05) is 71.5 Å². The molecule has 27 heavy (non-hydrogen) atoms. The number of halogens is 1. The van der Waals surface area contributed by atoms with Gasteiger partial charge in [0.15, 0.2) is 5.96 Å². The lowest BCUT2D eigenvalue weighted by molar-refractivity contribution is 0.0174. The molecule has 4 rings (SSSR count). The third-order valence-corrected chi connectivity index (χ3v) is 5.06. The summed E-state index contributed by atoms with van der Waals surface area (Å²) in [5.74, 6) is 1.89. The topological polar surface area (TPSA) is 65.3 Å². The van der Waals surface area contributed by atoms with Crippen molar-refractivity contribution >= 4 is 29.9 Å². The summed E-state index contributed by atoms with van der Waals surface area (Å²) in [7, 11) is 0. The molecule has 1 atom stereocenters. The van der Waals surface area contributed by atoms with Crippen molar-refractivity contribution in [2.75, 3.05) is 65.6 Å². The Kier molecular flexibility index (Phi) is 10.5. The van der Waals surface area contributed by atoms with Crippen molar-refractivity contribution in [3.63, 3.8) is 0 Å². The highest BCUT2D eigenvalue weighted by Gasteiger charge is 2.31. The Hall–Kier alpha value is -0.840. The van der Waals surface area contributed by atoms with Crippen LogP contribution in [-0.4, -0.2) is 87.4 Å². The van der Waals surface area contributed by atoms with Crippen LogP contribution in [0.3, 0.4) is 0 Å². The van der Waals surface area contributed by atoms with Crippen molar-refractivity contribution in [1.29, 1.82) is 0 Å². The Bertz CT molecular complexity index is 532. The van der Waals surface area contributed by atoms with Crippen LogP contribution in [-0.2, 0) is 11.2 Å². The van der Waals surface area contributed by atoms with Crippen LogP contribution in [0.4, 0.5) is 0 Å². The average molecular weight is 491 g/mol. The Morgan fingerprint density at radius 3 is 2.74 bits per heavy atom. The van der Waals surface area contributed by atoms with Crippen LogP contribution in [0, 0.1) is 0 Å². The van der Waals surface area contributed by atoms with Crippen molar-refractivity contribution in [3.05, 3.63) is 24.2 Å². The van der Waals surface area contributed by atoms with Crippen molar-refractivity contribution in [2.24, 2.45) is 4.99 Å². The number of aliphatic imine (C=N–C) groups is 1. The zero-order chi connectivity index (χ0) is 18.0. The normalized spacial score (nSPS) is 24.5. The number of ether oxygens (including phenoxy) is 1. The van der Waals surface area contributed by atoms with E-state index in [1.807, 2.05) is 19.1 Å². The Morgan fingerprint density at radius 2 is 2.07 bits per heavy atom. The molecule has 3 aliphatic rings. The van der Waals surface area contributed by atoms with Crippen molar-refractivity contribution in [2.45, 2.75) is 25.8 Å². The first-order chi connectivity index (χ1) is 12.8. The number of fused-ring (bicyclic) bond motifs is 3. The Morgan fingerprint density at radius 1 is 1.26 bits per heavy atom. The molecule has 0 aromatic carbocycles. The third-order valence-electron chi connectivity index (χ3n) is 5.06. The van der Waals surface area contributed by atoms with Crippen molar-refractivity contribution in [1.82, 2.24) is 20.4 Å². The molecule has 2 bridgehead atoms. The molecule has 1 aromatic rings. The van der Waals surface area contributed by atoms with E-state index in [-0.39, 0.29) is 24.0 Å². The van der Waals surface area contributed by atoms with Gasteiger partial charge < -0.3 is 19.8 Å². The van der Waals surface area contributed by atoms with Crippen molar-refractivity contribution < 1.29 is 9.15 Å².